The number of carbonyl (C=O) groups is 1. The summed E-state index contributed by atoms with van der Waals surface area (Å²) < 4.78 is 14.4. The van der Waals surface area contributed by atoms with Crippen LogP contribution in [0.2, 0.25) is 0 Å². The summed E-state index contributed by atoms with van der Waals surface area (Å²) in [6.07, 6.45) is 0. The molecule has 144 valence electrons. The van der Waals surface area contributed by atoms with Crippen LogP contribution in [0.5, 0.6) is 5.75 Å². The molecule has 0 amide bonds. The molecule has 0 fully saturated rings. The van der Waals surface area contributed by atoms with Crippen LogP contribution < -0.4 is 10.4 Å². The van der Waals surface area contributed by atoms with Crippen LogP contribution in [-0.2, 0) is 22.6 Å². The van der Waals surface area contributed by atoms with E-state index in [1.54, 1.807) is 18.6 Å². The maximum atomic E-state index is 13.0. The third-order valence-electron chi connectivity index (χ3n) is 4.45. The molecule has 4 rings (SSSR count). The standard InChI is InChI=1S/C20H19N3O4S/c1-3-27-19(24)12-23-16-7-5-4-6-15(16)22(20(23)25)11-18-21-14-9-8-13(26-2)10-17(14)28-18/h4-10H,3,11-12H2,1-2H3. The van der Waals surface area contributed by atoms with Crippen molar-refractivity contribution in [2.75, 3.05) is 13.7 Å². The first kappa shape index (κ1) is 18.2. The molecule has 4 aromatic rings. The van der Waals surface area contributed by atoms with Crippen molar-refractivity contribution in [1.82, 2.24) is 14.1 Å². The van der Waals surface area contributed by atoms with E-state index in [9.17, 15) is 9.59 Å². The molecule has 2 aromatic heterocycles. The average molecular weight is 397 g/mol. The molecule has 0 saturated carbocycles. The van der Waals surface area contributed by atoms with Gasteiger partial charge in [0.2, 0.25) is 0 Å². The van der Waals surface area contributed by atoms with Crippen LogP contribution >= 0.6 is 11.3 Å². The highest BCUT2D eigenvalue weighted by atomic mass is 32.1. The zero-order valence-corrected chi connectivity index (χ0v) is 16.4. The van der Waals surface area contributed by atoms with Crippen LogP contribution in [0.4, 0.5) is 0 Å². The first-order valence-electron chi connectivity index (χ1n) is 8.88. The second-order valence-electron chi connectivity index (χ2n) is 6.19. The average Bonchev–Trinajstić information content (AvgIpc) is 3.22. The molecule has 2 heterocycles. The van der Waals surface area contributed by atoms with Crippen molar-refractivity contribution in [1.29, 1.82) is 0 Å². The molecule has 8 heteroatoms. The third kappa shape index (κ3) is 3.27. The maximum Gasteiger partial charge on any atom is 0.330 e. The van der Waals surface area contributed by atoms with Gasteiger partial charge in [0.05, 0.1) is 41.5 Å². The highest BCUT2D eigenvalue weighted by Gasteiger charge is 2.17. The lowest BCUT2D eigenvalue weighted by molar-refractivity contribution is -0.143. The van der Waals surface area contributed by atoms with Gasteiger partial charge in [-0.1, -0.05) is 12.1 Å². The van der Waals surface area contributed by atoms with Crippen molar-refractivity contribution in [3.8, 4) is 5.75 Å². The first-order valence-corrected chi connectivity index (χ1v) is 9.69. The largest absolute Gasteiger partial charge is 0.497 e. The summed E-state index contributed by atoms with van der Waals surface area (Å²) >= 11 is 1.52. The van der Waals surface area contributed by atoms with Gasteiger partial charge in [0, 0.05) is 0 Å². The molecule has 28 heavy (non-hydrogen) atoms. The van der Waals surface area contributed by atoms with Gasteiger partial charge in [-0.05, 0) is 37.3 Å². The van der Waals surface area contributed by atoms with Gasteiger partial charge in [-0.2, -0.15) is 0 Å². The van der Waals surface area contributed by atoms with Crippen LogP contribution in [0, 0.1) is 0 Å². The summed E-state index contributed by atoms with van der Waals surface area (Å²) in [5.74, 6) is 0.338. The Kier molecular flexibility index (Phi) is 4.87. The molecule has 7 nitrogen and oxygen atoms in total. The zero-order chi connectivity index (χ0) is 19.7. The van der Waals surface area contributed by atoms with E-state index in [1.165, 1.54) is 15.9 Å². The molecule has 0 aliphatic carbocycles. The number of hydrogen-bond donors (Lipinski definition) is 0. The fraction of sp³-hybridized carbons (Fsp3) is 0.250. The highest BCUT2D eigenvalue weighted by Crippen LogP contribution is 2.27. The number of esters is 1. The number of rotatable bonds is 6. The van der Waals surface area contributed by atoms with E-state index in [0.717, 1.165) is 26.5 Å². The van der Waals surface area contributed by atoms with E-state index < -0.39 is 5.97 Å². The van der Waals surface area contributed by atoms with Crippen LogP contribution in [0.15, 0.2) is 47.3 Å². The summed E-state index contributed by atoms with van der Waals surface area (Å²) in [4.78, 5) is 29.6. The van der Waals surface area contributed by atoms with Crippen molar-refractivity contribution in [2.45, 2.75) is 20.0 Å². The van der Waals surface area contributed by atoms with Crippen LogP contribution in [-0.4, -0.2) is 33.8 Å². The number of thiazole rings is 1. The van der Waals surface area contributed by atoms with E-state index in [2.05, 4.69) is 4.98 Å². The molecule has 0 unspecified atom stereocenters. The normalized spacial score (nSPS) is 11.2. The molecule has 0 atom stereocenters. The topological polar surface area (TPSA) is 75.4 Å². The number of aromatic nitrogens is 3. The minimum atomic E-state index is -0.431. The lowest BCUT2D eigenvalue weighted by Gasteiger charge is -2.02. The van der Waals surface area contributed by atoms with Gasteiger partial charge in [-0.25, -0.2) is 9.78 Å². The van der Waals surface area contributed by atoms with E-state index in [-0.39, 0.29) is 18.8 Å². The van der Waals surface area contributed by atoms with Gasteiger partial charge >= 0.3 is 11.7 Å². The van der Waals surface area contributed by atoms with Gasteiger partial charge < -0.3 is 9.47 Å². The number of fused-ring (bicyclic) bond motifs is 2. The molecule has 0 saturated heterocycles. The minimum Gasteiger partial charge on any atom is -0.497 e. The lowest BCUT2D eigenvalue weighted by Crippen LogP contribution is -2.28. The summed E-state index contributed by atoms with van der Waals surface area (Å²) in [6.45, 7) is 2.24. The summed E-state index contributed by atoms with van der Waals surface area (Å²) in [5, 5.41) is 0.810. The molecular weight excluding hydrogens is 378 g/mol. The molecule has 2 aromatic carbocycles. The molecule has 0 aliphatic heterocycles. The van der Waals surface area contributed by atoms with E-state index in [1.807, 2.05) is 42.5 Å². The highest BCUT2D eigenvalue weighted by molar-refractivity contribution is 7.18. The summed E-state index contributed by atoms with van der Waals surface area (Å²) in [6, 6.07) is 13.1. The molecule has 0 N–H and O–H groups in total. The number of hydrogen-bond acceptors (Lipinski definition) is 6. The van der Waals surface area contributed by atoms with E-state index in [0.29, 0.717) is 12.1 Å². The maximum absolute atomic E-state index is 13.0. The quantitative estimate of drug-likeness (QED) is 0.468. The zero-order valence-electron chi connectivity index (χ0n) is 15.5. The minimum absolute atomic E-state index is 0.114. The van der Waals surface area contributed by atoms with Gasteiger partial charge in [0.15, 0.2) is 0 Å². The Bertz CT molecular complexity index is 1220. The second kappa shape index (κ2) is 7.47. The SMILES string of the molecule is CCOC(=O)Cn1c(=O)n(Cc2nc3ccc(OC)cc3s2)c2ccccc21. The number of methoxy groups -OCH3 is 1. The van der Waals surface area contributed by atoms with Gasteiger partial charge in [-0.3, -0.25) is 13.9 Å². The Morgan fingerprint density at radius 3 is 2.61 bits per heavy atom. The van der Waals surface area contributed by atoms with Crippen molar-refractivity contribution in [2.24, 2.45) is 0 Å². The molecule has 0 bridgehead atoms. The van der Waals surface area contributed by atoms with Crippen molar-refractivity contribution in [3.05, 3.63) is 58.0 Å². The smallest absolute Gasteiger partial charge is 0.330 e. The molecule has 0 radical (unpaired) electrons. The Labute approximate surface area is 164 Å². The lowest BCUT2D eigenvalue weighted by atomic mass is 10.3. The number of carbonyl (C=O) groups excluding carboxylic acids is 1. The molecular formula is C20H19N3O4S. The Balaban J connectivity index is 1.75. The third-order valence-corrected chi connectivity index (χ3v) is 5.45. The van der Waals surface area contributed by atoms with Crippen molar-refractivity contribution < 1.29 is 14.3 Å². The van der Waals surface area contributed by atoms with Crippen molar-refractivity contribution in [3.63, 3.8) is 0 Å². The number of imidazole rings is 1. The van der Waals surface area contributed by atoms with Crippen LogP contribution in [0.25, 0.3) is 21.3 Å². The summed E-state index contributed by atoms with van der Waals surface area (Å²) in [5.41, 5.74) is 2.06. The van der Waals surface area contributed by atoms with Gasteiger partial charge in [0.25, 0.3) is 0 Å². The molecule has 0 spiro atoms. The Hall–Kier alpha value is -3.13. The second-order valence-corrected chi connectivity index (χ2v) is 7.31. The van der Waals surface area contributed by atoms with Crippen molar-refractivity contribution >= 4 is 38.6 Å². The predicted octanol–water partition coefficient (Wildman–Crippen LogP) is 3.03. The monoisotopic (exact) mass is 397 g/mol. The first-order chi connectivity index (χ1) is 13.6. The van der Waals surface area contributed by atoms with Crippen LogP contribution in [0.1, 0.15) is 11.9 Å². The Morgan fingerprint density at radius 2 is 1.89 bits per heavy atom. The van der Waals surface area contributed by atoms with E-state index >= 15 is 0 Å². The van der Waals surface area contributed by atoms with Crippen LogP contribution in [0.3, 0.4) is 0 Å². The number of benzene rings is 2. The fourth-order valence-electron chi connectivity index (χ4n) is 3.20. The van der Waals surface area contributed by atoms with E-state index in [4.69, 9.17) is 9.47 Å². The molecule has 0 aliphatic rings. The summed E-state index contributed by atoms with van der Waals surface area (Å²) in [7, 11) is 1.63. The number of ether oxygens (including phenoxy) is 2. The van der Waals surface area contributed by atoms with Gasteiger partial charge in [-0.15, -0.1) is 11.3 Å². The Morgan fingerprint density at radius 1 is 1.14 bits per heavy atom. The number of para-hydroxylation sites is 2. The fourth-order valence-corrected chi connectivity index (χ4v) is 4.18. The predicted molar refractivity (Wildman–Crippen MR) is 108 cm³/mol. The number of nitrogens with zero attached hydrogens (tertiary/aromatic N) is 3. The van der Waals surface area contributed by atoms with Gasteiger partial charge in [0.1, 0.15) is 17.3 Å².